The molecule has 0 saturated carbocycles. The van der Waals surface area contributed by atoms with Crippen molar-refractivity contribution in [1.82, 2.24) is 0 Å². The van der Waals surface area contributed by atoms with E-state index in [1.54, 1.807) is 6.08 Å². The van der Waals surface area contributed by atoms with Crippen LogP contribution in [-0.4, -0.2) is 37.2 Å². The predicted octanol–water partition coefficient (Wildman–Crippen LogP) is 23.6. The highest BCUT2D eigenvalue weighted by molar-refractivity contribution is 5.72. The summed E-state index contributed by atoms with van der Waals surface area (Å²) in [4.78, 5) is 38.2. The molecule has 0 aliphatic carbocycles. The van der Waals surface area contributed by atoms with Crippen LogP contribution in [0.4, 0.5) is 0 Å². The van der Waals surface area contributed by atoms with E-state index in [1.165, 1.54) is 180 Å². The van der Waals surface area contributed by atoms with Crippen molar-refractivity contribution in [2.45, 2.75) is 322 Å². The fourth-order valence-corrected chi connectivity index (χ4v) is 9.50. The number of ether oxygens (including phenoxy) is 3. The minimum absolute atomic E-state index is 0.112. The first-order valence-corrected chi connectivity index (χ1v) is 34.0. The first kappa shape index (κ1) is 76.8. The molecule has 0 aromatic carbocycles. The highest BCUT2D eigenvalue weighted by Gasteiger charge is 2.19. The standard InChI is InChI=1S/C75H126O6/c1-4-7-10-13-16-19-22-25-28-30-31-32-33-34-35-36-37-38-39-40-41-42-43-45-47-50-53-56-59-62-65-68-74(77)80-71-72(70-79-73(76)67-64-61-58-55-52-49-46-27-24-21-18-15-12-9-6-3)81-75(78)69-66-63-60-57-54-51-48-44-29-26-23-20-17-14-11-8-5-2/h8-9,11-12,17-18,20-21,26-27,29,46,48,51-52,55,57,60-61,64,72H,4-7,10,13-16,19,22-25,28,30-45,47,49-50,53-54,56,58-59,62-63,65-71H2,1-3H3/b11-8-,12-9-,20-17-,21-18-,29-26-,46-27-,51-48-,55-52-,60-57-,64-61-. The second-order valence-corrected chi connectivity index (χ2v) is 22.3. The van der Waals surface area contributed by atoms with E-state index >= 15 is 0 Å². The Morgan fingerprint density at radius 1 is 0.272 bits per heavy atom. The van der Waals surface area contributed by atoms with Crippen LogP contribution in [-0.2, 0) is 28.6 Å². The molecule has 0 heterocycles. The Balaban J connectivity index is 4.30. The molecule has 0 rings (SSSR count). The van der Waals surface area contributed by atoms with Crippen molar-refractivity contribution in [3.63, 3.8) is 0 Å². The van der Waals surface area contributed by atoms with Crippen LogP contribution in [0.1, 0.15) is 316 Å². The number of carbonyl (C=O) groups excluding carboxylic acids is 3. The molecule has 0 spiro atoms. The molecule has 6 nitrogen and oxygen atoms in total. The molecule has 0 aliphatic heterocycles. The summed E-state index contributed by atoms with van der Waals surface area (Å²) in [5.74, 6) is -1.12. The van der Waals surface area contributed by atoms with Crippen LogP contribution in [0, 0.1) is 0 Å². The van der Waals surface area contributed by atoms with Crippen LogP contribution in [0.5, 0.6) is 0 Å². The van der Waals surface area contributed by atoms with E-state index < -0.39 is 18.0 Å². The maximum atomic E-state index is 12.9. The van der Waals surface area contributed by atoms with Gasteiger partial charge in [0, 0.05) is 12.8 Å². The van der Waals surface area contributed by atoms with E-state index in [-0.39, 0.29) is 32.0 Å². The Bertz CT molecular complexity index is 1670. The Morgan fingerprint density at radius 2 is 0.531 bits per heavy atom. The van der Waals surface area contributed by atoms with Crippen molar-refractivity contribution in [2.24, 2.45) is 0 Å². The van der Waals surface area contributed by atoms with Crippen LogP contribution < -0.4 is 0 Å². The summed E-state index contributed by atoms with van der Waals surface area (Å²) in [5.41, 5.74) is 0. The van der Waals surface area contributed by atoms with Crippen molar-refractivity contribution >= 4 is 17.9 Å². The number of esters is 3. The molecule has 81 heavy (non-hydrogen) atoms. The summed E-state index contributed by atoms with van der Waals surface area (Å²) in [7, 11) is 0. The zero-order chi connectivity index (χ0) is 58.5. The van der Waals surface area contributed by atoms with E-state index in [0.717, 1.165) is 89.9 Å². The third-order valence-electron chi connectivity index (χ3n) is 14.5. The maximum absolute atomic E-state index is 12.9. The molecule has 0 N–H and O–H groups in total. The van der Waals surface area contributed by atoms with Crippen LogP contribution in [0.2, 0.25) is 0 Å². The lowest BCUT2D eigenvalue weighted by atomic mass is 10.0. The second kappa shape index (κ2) is 68.3. The Kier molecular flexibility index (Phi) is 64.8. The van der Waals surface area contributed by atoms with Gasteiger partial charge in [-0.25, -0.2) is 0 Å². The summed E-state index contributed by atoms with van der Waals surface area (Å²) < 4.78 is 16.8. The lowest BCUT2D eigenvalue weighted by Gasteiger charge is -2.18. The number of allylic oxidation sites excluding steroid dienone is 19. The molecule has 0 bridgehead atoms. The molecule has 0 saturated heterocycles. The molecule has 1 atom stereocenters. The normalized spacial score (nSPS) is 12.9. The monoisotopic (exact) mass is 1120 g/mol. The molecule has 0 aromatic heterocycles. The topological polar surface area (TPSA) is 78.9 Å². The van der Waals surface area contributed by atoms with Gasteiger partial charge in [0.2, 0.25) is 0 Å². The van der Waals surface area contributed by atoms with Crippen molar-refractivity contribution in [2.75, 3.05) is 13.2 Å². The van der Waals surface area contributed by atoms with Crippen molar-refractivity contribution in [1.29, 1.82) is 0 Å². The van der Waals surface area contributed by atoms with Gasteiger partial charge in [0.15, 0.2) is 6.10 Å². The second-order valence-electron chi connectivity index (χ2n) is 22.3. The first-order valence-electron chi connectivity index (χ1n) is 34.0. The molecular weight excluding hydrogens is 997 g/mol. The van der Waals surface area contributed by atoms with Crippen LogP contribution in [0.25, 0.3) is 0 Å². The van der Waals surface area contributed by atoms with Gasteiger partial charge in [-0.3, -0.25) is 14.4 Å². The molecule has 6 heteroatoms. The van der Waals surface area contributed by atoms with Gasteiger partial charge < -0.3 is 14.2 Å². The first-order chi connectivity index (χ1) is 40.0. The summed E-state index contributed by atoms with van der Waals surface area (Å²) in [6.45, 7) is 6.30. The van der Waals surface area contributed by atoms with Gasteiger partial charge in [0.1, 0.15) is 13.2 Å². The van der Waals surface area contributed by atoms with Crippen LogP contribution in [0.3, 0.4) is 0 Å². The van der Waals surface area contributed by atoms with Gasteiger partial charge >= 0.3 is 17.9 Å². The van der Waals surface area contributed by atoms with E-state index in [1.807, 2.05) is 6.08 Å². The van der Waals surface area contributed by atoms with E-state index in [9.17, 15) is 14.4 Å². The number of hydrogen-bond donors (Lipinski definition) is 0. The molecule has 462 valence electrons. The summed E-state index contributed by atoms with van der Waals surface area (Å²) in [5, 5.41) is 0. The molecule has 0 amide bonds. The maximum Gasteiger partial charge on any atom is 0.309 e. The zero-order valence-electron chi connectivity index (χ0n) is 53.0. The highest BCUT2D eigenvalue weighted by atomic mass is 16.6. The average Bonchev–Trinajstić information content (AvgIpc) is 3.47. The quantitative estimate of drug-likeness (QED) is 0.0261. The third kappa shape index (κ3) is 66.5. The largest absolute Gasteiger partial charge is 0.462 e. The SMILES string of the molecule is CC/C=C\C/C=C\C/C=C\C/C=C\C/C=C\CCCC(=O)OC(COC(=O)C/C=C\C/C=C\C/C=C\C/C=C\C/C=C\CC)COC(=O)CCCCCCCCCCCCCCCCCCCCCCCCCCCCCCCCC. The Labute approximate surface area is 501 Å². The van der Waals surface area contributed by atoms with Gasteiger partial charge in [-0.2, -0.15) is 0 Å². The smallest absolute Gasteiger partial charge is 0.309 e. The molecule has 1 unspecified atom stereocenters. The molecule has 0 fully saturated rings. The number of carbonyl (C=O) groups is 3. The van der Waals surface area contributed by atoms with Gasteiger partial charge in [0.25, 0.3) is 0 Å². The lowest BCUT2D eigenvalue weighted by molar-refractivity contribution is -0.166. The van der Waals surface area contributed by atoms with E-state index in [2.05, 4.69) is 130 Å². The molecule has 0 aromatic rings. The van der Waals surface area contributed by atoms with Crippen LogP contribution >= 0.6 is 0 Å². The zero-order valence-corrected chi connectivity index (χ0v) is 53.0. The van der Waals surface area contributed by atoms with Gasteiger partial charge in [-0.15, -0.1) is 0 Å². The lowest BCUT2D eigenvalue weighted by Crippen LogP contribution is -2.30. The fraction of sp³-hybridized carbons (Fsp3) is 0.693. The van der Waals surface area contributed by atoms with E-state index in [4.69, 9.17) is 14.2 Å². The Hall–Kier alpha value is -4.19. The molecule has 0 aliphatic rings. The number of unbranched alkanes of at least 4 members (excludes halogenated alkanes) is 31. The average molecular weight is 1120 g/mol. The fourth-order valence-electron chi connectivity index (χ4n) is 9.50. The van der Waals surface area contributed by atoms with Crippen molar-refractivity contribution in [3.8, 4) is 0 Å². The number of rotatable bonds is 61. The minimum Gasteiger partial charge on any atom is -0.462 e. The van der Waals surface area contributed by atoms with E-state index in [0.29, 0.717) is 12.8 Å². The predicted molar refractivity (Wildman–Crippen MR) is 353 cm³/mol. The van der Waals surface area contributed by atoms with Gasteiger partial charge in [0.05, 0.1) is 6.42 Å². The minimum atomic E-state index is -0.851. The van der Waals surface area contributed by atoms with Gasteiger partial charge in [-0.05, 0) is 83.5 Å². The van der Waals surface area contributed by atoms with Crippen molar-refractivity contribution < 1.29 is 28.6 Å². The highest BCUT2D eigenvalue weighted by Crippen LogP contribution is 2.18. The summed E-state index contributed by atoms with van der Waals surface area (Å²) >= 11 is 0. The molecule has 0 radical (unpaired) electrons. The van der Waals surface area contributed by atoms with Gasteiger partial charge in [-0.1, -0.05) is 335 Å². The molecular formula is C75H126O6. The third-order valence-corrected chi connectivity index (χ3v) is 14.5. The Morgan fingerprint density at radius 3 is 0.852 bits per heavy atom. The number of hydrogen-bond acceptors (Lipinski definition) is 6. The summed E-state index contributed by atoms with van der Waals surface area (Å²) in [6.07, 6.45) is 95.7. The van der Waals surface area contributed by atoms with Crippen molar-refractivity contribution in [3.05, 3.63) is 122 Å². The van der Waals surface area contributed by atoms with Crippen LogP contribution in [0.15, 0.2) is 122 Å². The summed E-state index contributed by atoms with van der Waals surface area (Å²) in [6, 6.07) is 0.